The van der Waals surface area contributed by atoms with E-state index in [2.05, 4.69) is 11.5 Å². The van der Waals surface area contributed by atoms with Crippen LogP contribution in [0, 0.1) is 6.92 Å². The summed E-state index contributed by atoms with van der Waals surface area (Å²) in [5.41, 5.74) is 2.44. The number of benzene rings is 2. The second-order valence-corrected chi connectivity index (χ2v) is 8.70. The molecular weight excluding hydrogens is 432 g/mol. The number of carbonyl (C=O) groups excluding carboxylic acids is 1. The van der Waals surface area contributed by atoms with Gasteiger partial charge in [0.05, 0.1) is 30.2 Å². The third-order valence-electron chi connectivity index (χ3n) is 6.42. The van der Waals surface area contributed by atoms with Crippen molar-refractivity contribution in [1.82, 2.24) is 9.80 Å². The van der Waals surface area contributed by atoms with Crippen molar-refractivity contribution in [2.45, 2.75) is 13.0 Å². The molecule has 2 aliphatic rings. The topological polar surface area (TPSA) is 72.2 Å². The van der Waals surface area contributed by atoms with Crippen LogP contribution >= 0.6 is 0 Å². The van der Waals surface area contributed by atoms with Gasteiger partial charge < -0.3 is 18.8 Å². The summed E-state index contributed by atoms with van der Waals surface area (Å²) in [6.07, 6.45) is 1.68. The van der Waals surface area contributed by atoms with Crippen LogP contribution in [0.2, 0.25) is 0 Å². The molecule has 0 saturated carbocycles. The van der Waals surface area contributed by atoms with E-state index >= 15 is 0 Å². The first-order chi connectivity index (χ1) is 16.6. The fraction of sp³-hybridized carbons (Fsp3) is 0.333. The normalized spacial score (nSPS) is 18.3. The summed E-state index contributed by atoms with van der Waals surface area (Å²) in [7, 11) is 0. The summed E-state index contributed by atoms with van der Waals surface area (Å²) in [6.45, 7) is 10.2. The van der Waals surface area contributed by atoms with Gasteiger partial charge in [-0.2, -0.15) is 0 Å². The lowest BCUT2D eigenvalue weighted by Gasteiger charge is -2.31. The van der Waals surface area contributed by atoms with E-state index in [4.69, 9.17) is 13.9 Å². The van der Waals surface area contributed by atoms with Crippen molar-refractivity contribution in [2.75, 3.05) is 46.0 Å². The molecule has 0 bridgehead atoms. The van der Waals surface area contributed by atoms with E-state index in [1.165, 1.54) is 0 Å². The Balaban J connectivity index is 1.59. The van der Waals surface area contributed by atoms with Crippen LogP contribution in [0.25, 0.3) is 11.0 Å². The van der Waals surface area contributed by atoms with Crippen LogP contribution in [-0.2, 0) is 4.74 Å². The van der Waals surface area contributed by atoms with Crippen LogP contribution in [0.4, 0.5) is 0 Å². The molecule has 176 valence electrons. The van der Waals surface area contributed by atoms with Crippen molar-refractivity contribution in [1.29, 1.82) is 0 Å². The van der Waals surface area contributed by atoms with Crippen molar-refractivity contribution < 1.29 is 18.7 Å². The largest absolute Gasteiger partial charge is 0.490 e. The number of aryl methyl sites for hydroxylation is 1. The van der Waals surface area contributed by atoms with Crippen molar-refractivity contribution in [3.8, 4) is 5.75 Å². The quantitative estimate of drug-likeness (QED) is 0.502. The van der Waals surface area contributed by atoms with Crippen LogP contribution < -0.4 is 10.2 Å². The highest BCUT2D eigenvalue weighted by atomic mass is 16.5. The molecule has 0 spiro atoms. The molecular formula is C27H28N2O5. The molecule has 0 radical (unpaired) electrons. The zero-order valence-electron chi connectivity index (χ0n) is 19.3. The van der Waals surface area contributed by atoms with Gasteiger partial charge in [-0.1, -0.05) is 36.4 Å². The summed E-state index contributed by atoms with van der Waals surface area (Å²) in [6, 6.07) is 12.5. The third-order valence-corrected chi connectivity index (χ3v) is 6.42. The van der Waals surface area contributed by atoms with Gasteiger partial charge in [0, 0.05) is 26.2 Å². The minimum Gasteiger partial charge on any atom is -0.490 e. The van der Waals surface area contributed by atoms with Crippen LogP contribution in [0.3, 0.4) is 0 Å². The predicted molar refractivity (Wildman–Crippen MR) is 129 cm³/mol. The molecule has 1 fully saturated rings. The van der Waals surface area contributed by atoms with Gasteiger partial charge >= 0.3 is 0 Å². The monoisotopic (exact) mass is 460 g/mol. The molecule has 1 aromatic heterocycles. The van der Waals surface area contributed by atoms with Crippen molar-refractivity contribution in [2.24, 2.45) is 0 Å². The number of rotatable bonds is 7. The molecule has 1 saturated heterocycles. The summed E-state index contributed by atoms with van der Waals surface area (Å²) in [5, 5.41) is 0.491. The van der Waals surface area contributed by atoms with Gasteiger partial charge in [-0.25, -0.2) is 0 Å². The fourth-order valence-electron chi connectivity index (χ4n) is 4.71. The van der Waals surface area contributed by atoms with E-state index in [0.717, 1.165) is 24.2 Å². The van der Waals surface area contributed by atoms with E-state index in [1.54, 1.807) is 17.0 Å². The molecule has 1 amide bonds. The Bertz CT molecular complexity index is 1290. The Morgan fingerprint density at radius 2 is 1.94 bits per heavy atom. The SMILES string of the molecule is C=CCOc1cccc(C2c3c(oc4ccc(C)cc4c3=O)C(=O)N2CCN2CCOCC2)c1. The first-order valence-corrected chi connectivity index (χ1v) is 11.6. The van der Waals surface area contributed by atoms with Crippen LogP contribution in [0.15, 0.2) is 64.3 Å². The molecule has 2 aliphatic heterocycles. The highest BCUT2D eigenvalue weighted by molar-refractivity contribution is 5.99. The molecule has 0 N–H and O–H groups in total. The van der Waals surface area contributed by atoms with Crippen molar-refractivity contribution >= 4 is 16.9 Å². The molecule has 7 nitrogen and oxygen atoms in total. The number of amides is 1. The fourth-order valence-corrected chi connectivity index (χ4v) is 4.71. The number of carbonyl (C=O) groups is 1. The lowest BCUT2D eigenvalue weighted by atomic mass is 9.98. The van der Waals surface area contributed by atoms with Gasteiger partial charge in [-0.05, 0) is 36.8 Å². The lowest BCUT2D eigenvalue weighted by molar-refractivity contribution is 0.0314. The van der Waals surface area contributed by atoms with Gasteiger partial charge in [0.2, 0.25) is 5.76 Å². The molecule has 34 heavy (non-hydrogen) atoms. The first-order valence-electron chi connectivity index (χ1n) is 11.6. The summed E-state index contributed by atoms with van der Waals surface area (Å²) in [5.74, 6) is 0.531. The second-order valence-electron chi connectivity index (χ2n) is 8.70. The van der Waals surface area contributed by atoms with Gasteiger partial charge in [0.25, 0.3) is 5.91 Å². The van der Waals surface area contributed by atoms with Crippen molar-refractivity contribution in [3.05, 3.63) is 87.8 Å². The molecule has 0 aliphatic carbocycles. The zero-order chi connectivity index (χ0) is 23.7. The van der Waals surface area contributed by atoms with Crippen LogP contribution in [-0.4, -0.2) is 61.7 Å². The minimum atomic E-state index is -0.544. The van der Waals surface area contributed by atoms with Crippen LogP contribution in [0.5, 0.6) is 5.75 Å². The Morgan fingerprint density at radius 1 is 1.12 bits per heavy atom. The average Bonchev–Trinajstić information content (AvgIpc) is 3.14. The summed E-state index contributed by atoms with van der Waals surface area (Å²) >= 11 is 0. The first kappa shape index (κ1) is 22.4. The van der Waals surface area contributed by atoms with Crippen LogP contribution in [0.1, 0.15) is 33.3 Å². The third kappa shape index (κ3) is 4.13. The lowest BCUT2D eigenvalue weighted by Crippen LogP contribution is -2.42. The number of nitrogens with zero attached hydrogens (tertiary/aromatic N) is 2. The maximum absolute atomic E-state index is 13.7. The van der Waals surface area contributed by atoms with Gasteiger partial charge in [0.15, 0.2) is 5.43 Å². The number of hydrogen-bond donors (Lipinski definition) is 0. The van der Waals surface area contributed by atoms with E-state index in [9.17, 15) is 9.59 Å². The van der Waals surface area contributed by atoms with Gasteiger partial charge in [-0.3, -0.25) is 14.5 Å². The Kier molecular flexibility index (Phi) is 6.22. The number of ether oxygens (including phenoxy) is 2. The second kappa shape index (κ2) is 9.44. The Labute approximate surface area is 198 Å². The van der Waals surface area contributed by atoms with Gasteiger partial charge in [-0.15, -0.1) is 0 Å². The standard InChI is InChI=1S/C27H28N2O5/c1-3-13-33-20-6-4-5-19(17-20)24-23-25(30)21-16-18(2)7-8-22(21)34-26(23)27(31)29(24)10-9-28-11-14-32-15-12-28/h3-8,16-17,24H,1,9-15H2,2H3. The highest BCUT2D eigenvalue weighted by Crippen LogP contribution is 2.39. The maximum atomic E-state index is 13.7. The number of morpholine rings is 1. The number of hydrogen-bond acceptors (Lipinski definition) is 6. The summed E-state index contributed by atoms with van der Waals surface area (Å²) < 4.78 is 17.2. The maximum Gasteiger partial charge on any atom is 0.290 e. The highest BCUT2D eigenvalue weighted by Gasteiger charge is 2.42. The van der Waals surface area contributed by atoms with Crippen molar-refractivity contribution in [3.63, 3.8) is 0 Å². The minimum absolute atomic E-state index is 0.130. The number of fused-ring (bicyclic) bond motifs is 2. The molecule has 5 rings (SSSR count). The van der Waals surface area contributed by atoms with E-state index < -0.39 is 6.04 Å². The smallest absolute Gasteiger partial charge is 0.290 e. The summed E-state index contributed by atoms with van der Waals surface area (Å²) in [4.78, 5) is 31.3. The molecule has 1 unspecified atom stereocenters. The van der Waals surface area contributed by atoms with E-state index in [1.807, 2.05) is 43.3 Å². The molecule has 3 heterocycles. The Hall–Kier alpha value is -3.42. The predicted octanol–water partition coefficient (Wildman–Crippen LogP) is 3.54. The average molecular weight is 461 g/mol. The van der Waals surface area contributed by atoms with E-state index in [0.29, 0.717) is 55.2 Å². The molecule has 2 aromatic carbocycles. The van der Waals surface area contributed by atoms with E-state index in [-0.39, 0.29) is 17.1 Å². The molecule has 1 atom stereocenters. The zero-order valence-corrected chi connectivity index (χ0v) is 19.3. The van der Waals surface area contributed by atoms with Gasteiger partial charge in [0.1, 0.15) is 17.9 Å². The molecule has 7 heteroatoms. The molecule has 3 aromatic rings. The Morgan fingerprint density at radius 3 is 2.74 bits per heavy atom.